The molecule has 1 N–H and O–H groups in total. The highest BCUT2D eigenvalue weighted by atomic mass is 32.1. The second-order valence-corrected chi connectivity index (χ2v) is 7.11. The van der Waals surface area contributed by atoms with E-state index in [0.717, 1.165) is 31.4 Å². The van der Waals surface area contributed by atoms with E-state index in [2.05, 4.69) is 4.98 Å². The Labute approximate surface area is 138 Å². The first-order chi connectivity index (χ1) is 11.0. The normalized spacial score (nSPS) is 21.5. The summed E-state index contributed by atoms with van der Waals surface area (Å²) in [6.45, 7) is 2.29. The smallest absolute Gasteiger partial charge is 0.271 e. The summed E-state index contributed by atoms with van der Waals surface area (Å²) in [5.41, 5.74) is 0.536. The molecule has 2 unspecified atom stereocenters. The Hall–Kier alpha value is -1.73. The first-order valence-electron chi connectivity index (χ1n) is 7.88. The predicted octanol–water partition coefficient (Wildman–Crippen LogP) is 1.69. The summed E-state index contributed by atoms with van der Waals surface area (Å²) >= 11 is 1.38. The molecule has 3 rings (SSSR count). The zero-order valence-corrected chi connectivity index (χ0v) is 14.2. The van der Waals surface area contributed by atoms with Crippen molar-refractivity contribution in [1.29, 1.82) is 0 Å². The Bertz CT molecular complexity index is 782. The van der Waals surface area contributed by atoms with Crippen LogP contribution >= 0.6 is 11.3 Å². The van der Waals surface area contributed by atoms with Crippen LogP contribution in [0.5, 0.6) is 0 Å². The zero-order chi connectivity index (χ0) is 16.6. The van der Waals surface area contributed by atoms with Gasteiger partial charge in [0.15, 0.2) is 4.96 Å². The molecule has 0 aromatic carbocycles. The van der Waals surface area contributed by atoms with Crippen molar-refractivity contribution >= 4 is 22.2 Å². The van der Waals surface area contributed by atoms with Gasteiger partial charge in [0.1, 0.15) is 5.56 Å². The highest BCUT2D eigenvalue weighted by molar-refractivity contribution is 7.15. The lowest BCUT2D eigenvalue weighted by Crippen LogP contribution is -2.40. The lowest BCUT2D eigenvalue weighted by molar-refractivity contribution is 0.0450. The third-order valence-corrected chi connectivity index (χ3v) is 5.53. The van der Waals surface area contributed by atoms with Crippen LogP contribution in [-0.4, -0.2) is 45.0 Å². The molecule has 2 aromatic heterocycles. The molecule has 1 aliphatic carbocycles. The summed E-state index contributed by atoms with van der Waals surface area (Å²) in [5, 5.41) is 11.9. The number of amides is 1. The van der Waals surface area contributed by atoms with Crippen LogP contribution in [0.1, 0.15) is 41.7 Å². The van der Waals surface area contributed by atoms with E-state index in [-0.39, 0.29) is 29.1 Å². The van der Waals surface area contributed by atoms with Crippen LogP contribution < -0.4 is 5.56 Å². The molecule has 1 saturated carbocycles. The molecule has 7 heteroatoms. The van der Waals surface area contributed by atoms with Gasteiger partial charge in [-0.15, -0.1) is 11.3 Å². The van der Waals surface area contributed by atoms with Gasteiger partial charge in [0.25, 0.3) is 11.5 Å². The maximum absolute atomic E-state index is 12.6. The Morgan fingerprint density at radius 1 is 1.48 bits per heavy atom. The fourth-order valence-corrected chi connectivity index (χ4v) is 4.04. The highest BCUT2D eigenvalue weighted by Crippen LogP contribution is 2.25. The number of rotatable bonds is 3. The molecule has 1 aliphatic rings. The number of hydrogen-bond acceptors (Lipinski definition) is 5. The van der Waals surface area contributed by atoms with Crippen molar-refractivity contribution in [3.05, 3.63) is 33.2 Å². The number of thiazole rings is 1. The minimum Gasteiger partial charge on any atom is -0.393 e. The minimum atomic E-state index is -0.361. The molecular weight excluding hydrogens is 314 g/mol. The molecule has 2 heterocycles. The fourth-order valence-electron chi connectivity index (χ4n) is 3.21. The molecule has 0 saturated heterocycles. The van der Waals surface area contributed by atoms with E-state index in [4.69, 9.17) is 0 Å². The van der Waals surface area contributed by atoms with E-state index < -0.39 is 0 Å². The van der Waals surface area contributed by atoms with Crippen LogP contribution in [0.15, 0.2) is 16.4 Å². The molecule has 23 heavy (non-hydrogen) atoms. The Morgan fingerprint density at radius 3 is 2.96 bits per heavy atom. The summed E-state index contributed by atoms with van der Waals surface area (Å²) in [5.74, 6) is -0.250. The molecule has 1 amide bonds. The fraction of sp³-hybridized carbons (Fsp3) is 0.562. The quantitative estimate of drug-likeness (QED) is 0.926. The molecule has 124 valence electrons. The van der Waals surface area contributed by atoms with Crippen LogP contribution in [0.2, 0.25) is 0 Å². The van der Waals surface area contributed by atoms with Crippen molar-refractivity contribution in [1.82, 2.24) is 14.3 Å². The number of carbonyl (C=O) groups is 1. The van der Waals surface area contributed by atoms with E-state index in [1.807, 2.05) is 12.3 Å². The van der Waals surface area contributed by atoms with Crippen molar-refractivity contribution in [3.8, 4) is 0 Å². The number of nitrogens with zero attached hydrogens (tertiary/aromatic N) is 3. The van der Waals surface area contributed by atoms with E-state index in [1.54, 1.807) is 7.05 Å². The van der Waals surface area contributed by atoms with Gasteiger partial charge >= 0.3 is 0 Å². The highest BCUT2D eigenvalue weighted by Gasteiger charge is 2.27. The molecule has 2 aromatic rings. The number of hydrogen-bond donors (Lipinski definition) is 1. The maximum Gasteiger partial charge on any atom is 0.271 e. The van der Waals surface area contributed by atoms with Crippen molar-refractivity contribution in [2.24, 2.45) is 5.92 Å². The van der Waals surface area contributed by atoms with E-state index in [1.165, 1.54) is 26.8 Å². The lowest BCUT2D eigenvalue weighted by atomic mass is 9.86. The number of aliphatic hydroxyl groups is 1. The van der Waals surface area contributed by atoms with Crippen LogP contribution in [0.4, 0.5) is 0 Å². The van der Waals surface area contributed by atoms with E-state index >= 15 is 0 Å². The Balaban J connectivity index is 1.83. The van der Waals surface area contributed by atoms with E-state index in [9.17, 15) is 14.7 Å². The van der Waals surface area contributed by atoms with Crippen molar-refractivity contribution < 1.29 is 9.90 Å². The van der Waals surface area contributed by atoms with Crippen molar-refractivity contribution in [3.63, 3.8) is 0 Å². The SMILES string of the molecule is Cc1csc2ncc(C(=O)N(C)CC3CCCCC3O)c(=O)n12. The maximum atomic E-state index is 12.6. The molecular formula is C16H21N3O3S. The van der Waals surface area contributed by atoms with Crippen molar-refractivity contribution in [2.75, 3.05) is 13.6 Å². The average molecular weight is 335 g/mol. The number of aromatic nitrogens is 2. The van der Waals surface area contributed by atoms with Crippen molar-refractivity contribution in [2.45, 2.75) is 38.7 Å². The number of aliphatic hydroxyl groups excluding tert-OH is 1. The lowest BCUT2D eigenvalue weighted by Gasteiger charge is -2.31. The second-order valence-electron chi connectivity index (χ2n) is 6.27. The molecule has 0 radical (unpaired) electrons. The van der Waals surface area contributed by atoms with Gasteiger partial charge in [-0.3, -0.25) is 14.0 Å². The van der Waals surface area contributed by atoms with Gasteiger partial charge in [-0.2, -0.15) is 0 Å². The zero-order valence-electron chi connectivity index (χ0n) is 13.4. The Morgan fingerprint density at radius 2 is 2.22 bits per heavy atom. The number of aryl methyl sites for hydroxylation is 1. The van der Waals surface area contributed by atoms with Crippen LogP contribution in [-0.2, 0) is 0 Å². The number of carbonyl (C=O) groups excluding carboxylic acids is 1. The monoisotopic (exact) mass is 335 g/mol. The summed E-state index contributed by atoms with van der Waals surface area (Å²) < 4.78 is 1.47. The van der Waals surface area contributed by atoms with Gasteiger partial charge in [-0.1, -0.05) is 12.8 Å². The van der Waals surface area contributed by atoms with Gasteiger partial charge in [0, 0.05) is 36.8 Å². The van der Waals surface area contributed by atoms with Crippen LogP contribution in [0, 0.1) is 12.8 Å². The Kier molecular flexibility index (Phi) is 4.50. The largest absolute Gasteiger partial charge is 0.393 e. The third-order valence-electron chi connectivity index (χ3n) is 4.57. The molecule has 0 aliphatic heterocycles. The number of fused-ring (bicyclic) bond motifs is 1. The summed E-state index contributed by atoms with van der Waals surface area (Å²) in [6.07, 6.45) is 4.82. The van der Waals surface area contributed by atoms with Gasteiger partial charge in [0.2, 0.25) is 0 Å². The van der Waals surface area contributed by atoms with Crippen LogP contribution in [0.3, 0.4) is 0 Å². The summed E-state index contributed by atoms with van der Waals surface area (Å²) in [4.78, 5) is 31.5. The van der Waals surface area contributed by atoms with Gasteiger partial charge in [-0.25, -0.2) is 4.98 Å². The second kappa shape index (κ2) is 6.41. The minimum absolute atomic E-state index is 0.0804. The van der Waals surface area contributed by atoms with Gasteiger partial charge < -0.3 is 10.0 Å². The first-order valence-corrected chi connectivity index (χ1v) is 8.76. The predicted molar refractivity (Wildman–Crippen MR) is 89.0 cm³/mol. The first kappa shape index (κ1) is 16.1. The topological polar surface area (TPSA) is 74.9 Å². The van der Waals surface area contributed by atoms with Crippen LogP contribution in [0.25, 0.3) is 4.96 Å². The van der Waals surface area contributed by atoms with E-state index in [0.29, 0.717) is 11.5 Å². The third kappa shape index (κ3) is 3.03. The van der Waals surface area contributed by atoms with Gasteiger partial charge in [0.05, 0.1) is 6.10 Å². The van der Waals surface area contributed by atoms with Gasteiger partial charge in [-0.05, 0) is 19.8 Å². The molecule has 2 atom stereocenters. The molecule has 1 fully saturated rings. The summed E-state index contributed by atoms with van der Waals surface area (Å²) in [7, 11) is 1.68. The summed E-state index contributed by atoms with van der Waals surface area (Å²) in [6, 6.07) is 0. The standard InChI is InChI=1S/C16H21N3O3S/c1-10-9-23-16-17-7-12(15(22)19(10)16)14(21)18(2)8-11-5-3-4-6-13(11)20/h7,9,11,13,20H,3-6,8H2,1-2H3. The molecule has 0 bridgehead atoms. The molecule has 0 spiro atoms. The molecule has 6 nitrogen and oxygen atoms in total. The average Bonchev–Trinajstić information content (AvgIpc) is 2.91.